The summed E-state index contributed by atoms with van der Waals surface area (Å²) < 4.78 is 5.50. The fourth-order valence-corrected chi connectivity index (χ4v) is 2.49. The summed E-state index contributed by atoms with van der Waals surface area (Å²) in [6, 6.07) is 21.1. The monoisotopic (exact) mass is 248 g/mol. The lowest BCUT2D eigenvalue weighted by Gasteiger charge is -2.12. The van der Waals surface area contributed by atoms with Crippen LogP contribution in [0, 0.1) is 6.92 Å². The van der Waals surface area contributed by atoms with Crippen LogP contribution in [0.1, 0.15) is 5.56 Å². The molecule has 3 rings (SSSR count). The fraction of sp³-hybridized carbons (Fsp3) is 0.111. The lowest BCUT2D eigenvalue weighted by atomic mass is 9.96. The minimum Gasteiger partial charge on any atom is -0.496 e. The van der Waals surface area contributed by atoms with Crippen LogP contribution in [0.4, 0.5) is 0 Å². The molecule has 0 aliphatic heterocycles. The molecule has 0 spiro atoms. The molecule has 19 heavy (non-hydrogen) atoms. The summed E-state index contributed by atoms with van der Waals surface area (Å²) in [6.07, 6.45) is 0. The molecule has 0 N–H and O–H groups in total. The van der Waals surface area contributed by atoms with Crippen molar-refractivity contribution >= 4 is 10.8 Å². The van der Waals surface area contributed by atoms with Gasteiger partial charge in [0, 0.05) is 5.56 Å². The molecule has 0 bridgehead atoms. The third-order valence-electron chi connectivity index (χ3n) is 3.43. The van der Waals surface area contributed by atoms with Crippen LogP contribution in [0.25, 0.3) is 21.9 Å². The van der Waals surface area contributed by atoms with Crippen molar-refractivity contribution < 1.29 is 4.74 Å². The summed E-state index contributed by atoms with van der Waals surface area (Å²) in [5.41, 5.74) is 3.61. The van der Waals surface area contributed by atoms with Crippen LogP contribution in [0.2, 0.25) is 0 Å². The predicted molar refractivity (Wildman–Crippen MR) is 80.7 cm³/mol. The zero-order valence-corrected chi connectivity index (χ0v) is 11.2. The van der Waals surface area contributed by atoms with E-state index in [-0.39, 0.29) is 0 Å². The number of hydrogen-bond acceptors (Lipinski definition) is 1. The minimum atomic E-state index is 0.918. The second kappa shape index (κ2) is 4.77. The molecule has 0 aliphatic carbocycles. The number of ether oxygens (including phenoxy) is 1. The Kier molecular flexibility index (Phi) is 2.96. The van der Waals surface area contributed by atoms with E-state index in [4.69, 9.17) is 4.74 Å². The maximum Gasteiger partial charge on any atom is 0.126 e. The largest absolute Gasteiger partial charge is 0.496 e. The second-order valence-corrected chi connectivity index (χ2v) is 4.73. The molecule has 1 heteroatoms. The van der Waals surface area contributed by atoms with Gasteiger partial charge >= 0.3 is 0 Å². The van der Waals surface area contributed by atoms with E-state index in [0.29, 0.717) is 0 Å². The first kappa shape index (κ1) is 11.8. The van der Waals surface area contributed by atoms with Gasteiger partial charge in [0.2, 0.25) is 0 Å². The third kappa shape index (κ3) is 2.08. The van der Waals surface area contributed by atoms with Crippen LogP contribution in [-0.4, -0.2) is 7.11 Å². The Morgan fingerprint density at radius 2 is 1.58 bits per heavy atom. The summed E-state index contributed by atoms with van der Waals surface area (Å²) >= 11 is 0. The van der Waals surface area contributed by atoms with Crippen molar-refractivity contribution in [2.75, 3.05) is 7.11 Å². The Balaban J connectivity index is 2.33. The van der Waals surface area contributed by atoms with E-state index in [1.165, 1.54) is 21.9 Å². The van der Waals surface area contributed by atoms with Gasteiger partial charge in [0.25, 0.3) is 0 Å². The third-order valence-corrected chi connectivity index (χ3v) is 3.43. The predicted octanol–water partition coefficient (Wildman–Crippen LogP) is 4.82. The summed E-state index contributed by atoms with van der Waals surface area (Å²) in [5.74, 6) is 0.918. The molecule has 0 heterocycles. The first-order valence-electron chi connectivity index (χ1n) is 6.42. The highest BCUT2D eigenvalue weighted by molar-refractivity contribution is 5.98. The number of methoxy groups -OCH3 is 1. The van der Waals surface area contributed by atoms with Crippen LogP contribution in [0.5, 0.6) is 5.75 Å². The zero-order valence-electron chi connectivity index (χ0n) is 11.2. The van der Waals surface area contributed by atoms with Crippen LogP contribution in [0.15, 0.2) is 60.7 Å². The lowest BCUT2D eigenvalue weighted by Crippen LogP contribution is -1.89. The van der Waals surface area contributed by atoms with Gasteiger partial charge in [-0.05, 0) is 35.4 Å². The Morgan fingerprint density at radius 3 is 2.42 bits per heavy atom. The van der Waals surface area contributed by atoms with Crippen molar-refractivity contribution in [3.05, 3.63) is 66.2 Å². The average molecular weight is 248 g/mol. The molecule has 0 amide bonds. The number of rotatable bonds is 2. The lowest BCUT2D eigenvalue weighted by molar-refractivity contribution is 0.416. The number of aryl methyl sites for hydroxylation is 1. The smallest absolute Gasteiger partial charge is 0.126 e. The van der Waals surface area contributed by atoms with Crippen LogP contribution in [0.3, 0.4) is 0 Å². The van der Waals surface area contributed by atoms with E-state index >= 15 is 0 Å². The number of fused-ring (bicyclic) bond motifs is 1. The molecule has 0 radical (unpaired) electrons. The summed E-state index contributed by atoms with van der Waals surface area (Å²) in [5, 5.41) is 2.51. The summed E-state index contributed by atoms with van der Waals surface area (Å²) in [4.78, 5) is 0. The van der Waals surface area contributed by atoms with Crippen LogP contribution < -0.4 is 4.74 Å². The normalized spacial score (nSPS) is 10.6. The molecule has 3 aromatic rings. The molecule has 0 saturated heterocycles. The first-order chi connectivity index (χ1) is 9.29. The van der Waals surface area contributed by atoms with Gasteiger partial charge in [0.1, 0.15) is 5.75 Å². The molecule has 0 fully saturated rings. The average Bonchev–Trinajstić information content (AvgIpc) is 2.46. The molecule has 0 atom stereocenters. The van der Waals surface area contributed by atoms with E-state index in [1.807, 2.05) is 6.07 Å². The molecular formula is C18H16O. The van der Waals surface area contributed by atoms with Gasteiger partial charge in [-0.25, -0.2) is 0 Å². The highest BCUT2D eigenvalue weighted by atomic mass is 16.5. The van der Waals surface area contributed by atoms with Gasteiger partial charge in [-0.2, -0.15) is 0 Å². The molecular weight excluding hydrogens is 232 g/mol. The van der Waals surface area contributed by atoms with Gasteiger partial charge in [0.05, 0.1) is 7.11 Å². The van der Waals surface area contributed by atoms with Crippen LogP contribution >= 0.6 is 0 Å². The number of benzene rings is 3. The van der Waals surface area contributed by atoms with Crippen molar-refractivity contribution in [1.82, 2.24) is 0 Å². The molecule has 3 aromatic carbocycles. The SMILES string of the molecule is COc1ccc(C)cc1-c1cccc2ccccc12. The molecule has 94 valence electrons. The Hall–Kier alpha value is -2.28. The quantitative estimate of drug-likeness (QED) is 0.631. The van der Waals surface area contributed by atoms with Crippen molar-refractivity contribution in [2.45, 2.75) is 6.92 Å². The van der Waals surface area contributed by atoms with E-state index in [1.54, 1.807) is 7.11 Å². The molecule has 0 saturated carbocycles. The standard InChI is InChI=1S/C18H16O/c1-13-10-11-18(19-2)17(12-13)16-9-5-7-14-6-3-4-8-15(14)16/h3-12H,1-2H3. The number of hydrogen-bond donors (Lipinski definition) is 0. The first-order valence-corrected chi connectivity index (χ1v) is 6.42. The van der Waals surface area contributed by atoms with Crippen molar-refractivity contribution in [3.63, 3.8) is 0 Å². The molecule has 0 aromatic heterocycles. The zero-order chi connectivity index (χ0) is 13.2. The van der Waals surface area contributed by atoms with Crippen molar-refractivity contribution in [1.29, 1.82) is 0 Å². The topological polar surface area (TPSA) is 9.23 Å². The van der Waals surface area contributed by atoms with Gasteiger partial charge in [-0.3, -0.25) is 0 Å². The van der Waals surface area contributed by atoms with E-state index in [9.17, 15) is 0 Å². The van der Waals surface area contributed by atoms with E-state index < -0.39 is 0 Å². The van der Waals surface area contributed by atoms with E-state index in [0.717, 1.165) is 11.3 Å². The van der Waals surface area contributed by atoms with Crippen molar-refractivity contribution in [3.8, 4) is 16.9 Å². The maximum absolute atomic E-state index is 5.50. The van der Waals surface area contributed by atoms with Gasteiger partial charge < -0.3 is 4.74 Å². The summed E-state index contributed by atoms with van der Waals surface area (Å²) in [7, 11) is 1.72. The van der Waals surface area contributed by atoms with E-state index in [2.05, 4.69) is 61.5 Å². The van der Waals surface area contributed by atoms with Gasteiger partial charge in [-0.1, -0.05) is 54.1 Å². The van der Waals surface area contributed by atoms with Gasteiger partial charge in [-0.15, -0.1) is 0 Å². The van der Waals surface area contributed by atoms with Gasteiger partial charge in [0.15, 0.2) is 0 Å². The Bertz CT molecular complexity index is 723. The maximum atomic E-state index is 5.50. The molecule has 1 nitrogen and oxygen atoms in total. The Morgan fingerprint density at radius 1 is 0.789 bits per heavy atom. The molecule has 0 aliphatic rings. The fourth-order valence-electron chi connectivity index (χ4n) is 2.49. The van der Waals surface area contributed by atoms with Crippen molar-refractivity contribution in [2.24, 2.45) is 0 Å². The molecule has 0 unspecified atom stereocenters. The highest BCUT2D eigenvalue weighted by Gasteiger charge is 2.09. The Labute approximate surface area is 113 Å². The van der Waals surface area contributed by atoms with Crippen LogP contribution in [-0.2, 0) is 0 Å². The minimum absolute atomic E-state index is 0.918. The second-order valence-electron chi connectivity index (χ2n) is 4.73. The summed E-state index contributed by atoms with van der Waals surface area (Å²) in [6.45, 7) is 2.11. The highest BCUT2D eigenvalue weighted by Crippen LogP contribution is 2.35.